The standard InChI is InChI=1S/C25H18F8O/c1-3-4-5-6-14-7-19(28)23(20(29)8-14)15-9-21(30)24(22(31)10-15)25(32,33)34-16-11-17(26)13(2)18(27)12-16/h3-4,7-12H,5-6H2,1-2H3/b4-3+. The predicted molar refractivity (Wildman–Crippen MR) is 110 cm³/mol. The van der Waals surface area contributed by atoms with Gasteiger partial charge in [0.2, 0.25) is 0 Å². The highest BCUT2D eigenvalue weighted by Crippen LogP contribution is 2.38. The maximum absolute atomic E-state index is 14.6. The van der Waals surface area contributed by atoms with Crippen molar-refractivity contribution >= 4 is 0 Å². The zero-order valence-electron chi connectivity index (χ0n) is 18.0. The van der Waals surface area contributed by atoms with E-state index >= 15 is 0 Å². The van der Waals surface area contributed by atoms with E-state index in [1.165, 1.54) is 0 Å². The van der Waals surface area contributed by atoms with Crippen molar-refractivity contribution in [3.63, 3.8) is 0 Å². The zero-order chi connectivity index (χ0) is 25.2. The minimum Gasteiger partial charge on any atom is -0.429 e. The molecule has 0 saturated heterocycles. The average Bonchev–Trinajstić information content (AvgIpc) is 2.70. The molecule has 0 saturated carbocycles. The van der Waals surface area contributed by atoms with Crippen molar-refractivity contribution in [3.8, 4) is 16.9 Å². The van der Waals surface area contributed by atoms with E-state index in [1.807, 2.05) is 0 Å². The topological polar surface area (TPSA) is 9.23 Å². The third-order valence-corrected chi connectivity index (χ3v) is 5.06. The lowest BCUT2D eigenvalue weighted by Gasteiger charge is -2.20. The number of ether oxygens (including phenoxy) is 1. The van der Waals surface area contributed by atoms with Crippen molar-refractivity contribution in [2.24, 2.45) is 0 Å². The first-order valence-electron chi connectivity index (χ1n) is 10.1. The van der Waals surface area contributed by atoms with Crippen molar-refractivity contribution in [2.75, 3.05) is 0 Å². The maximum Gasteiger partial charge on any atom is 0.432 e. The molecule has 34 heavy (non-hydrogen) atoms. The van der Waals surface area contributed by atoms with Gasteiger partial charge in [-0.1, -0.05) is 12.2 Å². The number of alkyl halides is 2. The lowest BCUT2D eigenvalue weighted by atomic mass is 9.98. The van der Waals surface area contributed by atoms with Crippen molar-refractivity contribution in [1.82, 2.24) is 0 Å². The Morgan fingerprint density at radius 2 is 1.29 bits per heavy atom. The number of hydrogen-bond acceptors (Lipinski definition) is 1. The lowest BCUT2D eigenvalue weighted by Crippen LogP contribution is -2.25. The first-order chi connectivity index (χ1) is 15.9. The minimum atomic E-state index is -4.70. The van der Waals surface area contributed by atoms with Crippen LogP contribution in [0.1, 0.15) is 30.0 Å². The van der Waals surface area contributed by atoms with Crippen LogP contribution in [0.5, 0.6) is 5.75 Å². The van der Waals surface area contributed by atoms with Gasteiger partial charge in [0.25, 0.3) is 0 Å². The van der Waals surface area contributed by atoms with Crippen molar-refractivity contribution in [3.05, 3.63) is 100 Å². The number of benzene rings is 3. The molecule has 0 aromatic heterocycles. The number of halogens is 8. The van der Waals surface area contributed by atoms with Crippen LogP contribution < -0.4 is 4.74 Å². The quantitative estimate of drug-likeness (QED) is 0.242. The SMILES string of the molecule is C/C=C/CCc1cc(F)c(-c2cc(F)c(C(F)(F)Oc3cc(F)c(C)c(F)c3)c(F)c2)c(F)c1. The Balaban J connectivity index is 1.98. The molecule has 1 nitrogen and oxygen atoms in total. The fourth-order valence-electron chi connectivity index (χ4n) is 3.34. The van der Waals surface area contributed by atoms with E-state index in [4.69, 9.17) is 0 Å². The van der Waals surface area contributed by atoms with E-state index in [9.17, 15) is 35.1 Å². The predicted octanol–water partition coefficient (Wildman–Crippen LogP) is 8.13. The molecule has 0 bridgehead atoms. The molecule has 3 aromatic carbocycles. The molecular weight excluding hydrogens is 468 g/mol. The van der Waals surface area contributed by atoms with Crippen molar-refractivity contribution in [2.45, 2.75) is 32.8 Å². The van der Waals surface area contributed by atoms with Crippen LogP contribution in [-0.4, -0.2) is 0 Å². The molecule has 0 atom stereocenters. The van der Waals surface area contributed by atoms with Crippen LogP contribution in [0.2, 0.25) is 0 Å². The molecule has 0 aliphatic heterocycles. The van der Waals surface area contributed by atoms with Crippen molar-refractivity contribution < 1.29 is 39.9 Å². The Hall–Kier alpha value is -3.36. The number of rotatable bonds is 7. The Morgan fingerprint density at radius 3 is 1.79 bits per heavy atom. The number of hydrogen-bond donors (Lipinski definition) is 0. The molecule has 0 aliphatic carbocycles. The summed E-state index contributed by atoms with van der Waals surface area (Å²) < 4.78 is 119. The molecule has 0 unspecified atom stereocenters. The molecule has 0 spiro atoms. The fourth-order valence-corrected chi connectivity index (χ4v) is 3.34. The molecule has 180 valence electrons. The second-order valence-corrected chi connectivity index (χ2v) is 7.49. The van der Waals surface area contributed by atoms with Gasteiger partial charge in [-0.05, 0) is 62.1 Å². The summed E-state index contributed by atoms with van der Waals surface area (Å²) in [5.74, 6) is -9.43. The summed E-state index contributed by atoms with van der Waals surface area (Å²) in [6.07, 6.45) is -0.330. The summed E-state index contributed by atoms with van der Waals surface area (Å²) in [4.78, 5) is 0. The van der Waals surface area contributed by atoms with Gasteiger partial charge in [0.15, 0.2) is 0 Å². The second-order valence-electron chi connectivity index (χ2n) is 7.49. The maximum atomic E-state index is 14.6. The van der Waals surface area contributed by atoms with Gasteiger partial charge in [-0.2, -0.15) is 8.78 Å². The van der Waals surface area contributed by atoms with Crippen LogP contribution in [0.25, 0.3) is 11.1 Å². The van der Waals surface area contributed by atoms with E-state index in [-0.39, 0.29) is 0 Å². The van der Waals surface area contributed by atoms with Crippen LogP contribution in [0.4, 0.5) is 35.1 Å². The minimum absolute atomic E-state index is 0.298. The van der Waals surface area contributed by atoms with Crippen LogP contribution in [0, 0.1) is 41.8 Å². The van der Waals surface area contributed by atoms with E-state index in [1.54, 1.807) is 19.1 Å². The Labute approximate surface area is 190 Å². The van der Waals surface area contributed by atoms with Gasteiger partial charge in [0.05, 0.1) is 5.56 Å². The molecule has 0 fully saturated rings. The molecule has 3 aromatic rings. The van der Waals surface area contributed by atoms with Crippen LogP contribution in [-0.2, 0) is 12.5 Å². The third-order valence-electron chi connectivity index (χ3n) is 5.06. The summed E-state index contributed by atoms with van der Waals surface area (Å²) >= 11 is 0. The zero-order valence-corrected chi connectivity index (χ0v) is 18.0. The van der Waals surface area contributed by atoms with Gasteiger partial charge in [-0.25, -0.2) is 26.3 Å². The normalized spacial score (nSPS) is 11.9. The van der Waals surface area contributed by atoms with Crippen LogP contribution >= 0.6 is 0 Å². The molecule has 0 N–H and O–H groups in total. The number of aryl methyl sites for hydroxylation is 1. The third kappa shape index (κ3) is 5.24. The lowest BCUT2D eigenvalue weighted by molar-refractivity contribution is -0.189. The molecular formula is C25H18F8O. The highest BCUT2D eigenvalue weighted by molar-refractivity contribution is 5.66. The van der Waals surface area contributed by atoms with Gasteiger partial charge in [0.1, 0.15) is 46.2 Å². The molecule has 3 rings (SSSR count). The van der Waals surface area contributed by atoms with Gasteiger partial charge < -0.3 is 4.74 Å². The van der Waals surface area contributed by atoms with Crippen LogP contribution in [0.15, 0.2) is 48.6 Å². The highest BCUT2D eigenvalue weighted by atomic mass is 19.3. The van der Waals surface area contributed by atoms with Gasteiger partial charge in [-0.15, -0.1) is 0 Å². The Kier molecular flexibility index (Phi) is 7.33. The molecule has 9 heteroatoms. The van der Waals surface area contributed by atoms with Gasteiger partial charge in [-0.3, -0.25) is 0 Å². The first-order valence-corrected chi connectivity index (χ1v) is 10.1. The molecule has 0 aliphatic rings. The highest BCUT2D eigenvalue weighted by Gasteiger charge is 2.41. The van der Waals surface area contributed by atoms with Gasteiger partial charge in [0, 0.05) is 17.7 Å². The molecule has 0 amide bonds. The molecule has 0 radical (unpaired) electrons. The summed E-state index contributed by atoms with van der Waals surface area (Å²) in [7, 11) is 0. The first kappa shape index (κ1) is 25.3. The smallest absolute Gasteiger partial charge is 0.429 e. The van der Waals surface area contributed by atoms with Crippen LogP contribution in [0.3, 0.4) is 0 Å². The monoisotopic (exact) mass is 486 g/mol. The average molecular weight is 486 g/mol. The van der Waals surface area contributed by atoms with Crippen molar-refractivity contribution in [1.29, 1.82) is 0 Å². The largest absolute Gasteiger partial charge is 0.432 e. The second kappa shape index (κ2) is 9.87. The summed E-state index contributed by atoms with van der Waals surface area (Å²) in [6, 6.07) is 3.49. The molecule has 0 heterocycles. The Bertz CT molecular complexity index is 1180. The fraction of sp³-hybridized carbons (Fsp3) is 0.200. The van der Waals surface area contributed by atoms with E-state index < -0.39 is 69.0 Å². The number of allylic oxidation sites excluding steroid dienone is 2. The van der Waals surface area contributed by atoms with E-state index in [2.05, 4.69) is 4.74 Å². The Morgan fingerprint density at radius 1 is 0.765 bits per heavy atom. The van der Waals surface area contributed by atoms with Gasteiger partial charge >= 0.3 is 6.11 Å². The summed E-state index contributed by atoms with van der Waals surface area (Å²) in [5.41, 5.74) is -3.51. The summed E-state index contributed by atoms with van der Waals surface area (Å²) in [5, 5.41) is 0. The van der Waals surface area contributed by atoms with E-state index in [0.29, 0.717) is 42.7 Å². The summed E-state index contributed by atoms with van der Waals surface area (Å²) in [6.45, 7) is 2.83. The van der Waals surface area contributed by atoms with E-state index in [0.717, 1.165) is 19.1 Å².